The molecule has 0 spiro atoms. The zero-order valence-electron chi connectivity index (χ0n) is 17.5. The Labute approximate surface area is 183 Å². The molecular weight excluding hydrogens is 428 g/mol. The van der Waals surface area contributed by atoms with Gasteiger partial charge in [0.05, 0.1) is 12.5 Å². The first kappa shape index (κ1) is 26.1. The van der Waals surface area contributed by atoms with Gasteiger partial charge < -0.3 is 15.8 Å². The van der Waals surface area contributed by atoms with E-state index in [0.29, 0.717) is 17.7 Å². The lowest BCUT2D eigenvalue weighted by Crippen LogP contribution is -2.49. The number of carbonyl (C=O) groups excluding carboxylic acids is 3. The molecule has 0 saturated heterocycles. The highest BCUT2D eigenvalue weighted by Gasteiger charge is 2.36. The molecular formula is C20H30N2O6S2. The first-order chi connectivity index (χ1) is 14.3. The second kappa shape index (κ2) is 13.4. The van der Waals surface area contributed by atoms with E-state index in [1.54, 1.807) is 31.2 Å². The Hall–Kier alpha value is -1.91. The molecule has 0 aliphatic carbocycles. The minimum absolute atomic E-state index is 0.00480. The van der Waals surface area contributed by atoms with Gasteiger partial charge in [0.25, 0.3) is 0 Å². The first-order valence-electron chi connectivity index (χ1n) is 9.63. The number of carbonyl (C=O) groups is 3. The van der Waals surface area contributed by atoms with E-state index in [2.05, 4.69) is 5.32 Å². The van der Waals surface area contributed by atoms with Gasteiger partial charge in [-0.3, -0.25) is 9.59 Å². The first-order valence-corrected chi connectivity index (χ1v) is 12.3. The van der Waals surface area contributed by atoms with Crippen LogP contribution in [0.25, 0.3) is 0 Å². The number of hydrogen-bond donors (Lipinski definition) is 3. The van der Waals surface area contributed by atoms with E-state index in [0.717, 1.165) is 12.5 Å². The third-order valence-corrected chi connectivity index (χ3v) is 6.46. The summed E-state index contributed by atoms with van der Waals surface area (Å²) in [5.74, 6) is -2.50. The van der Waals surface area contributed by atoms with E-state index in [1.165, 1.54) is 11.8 Å². The second-order valence-electron chi connectivity index (χ2n) is 6.72. The van der Waals surface area contributed by atoms with Crippen LogP contribution in [0.4, 0.5) is 0 Å². The van der Waals surface area contributed by atoms with Gasteiger partial charge in [-0.25, -0.2) is 13.2 Å². The highest BCUT2D eigenvalue weighted by atomic mass is 32.2. The summed E-state index contributed by atoms with van der Waals surface area (Å²) >= 11 is 1.50. The fourth-order valence-electron chi connectivity index (χ4n) is 3.13. The minimum Gasteiger partial charge on any atom is -0.464 e. The quantitative estimate of drug-likeness (QED) is 0.290. The van der Waals surface area contributed by atoms with Gasteiger partial charge in [0.2, 0.25) is 5.91 Å². The number of amides is 1. The predicted molar refractivity (Wildman–Crippen MR) is 118 cm³/mol. The molecule has 0 aliphatic heterocycles. The van der Waals surface area contributed by atoms with Crippen molar-refractivity contribution in [3.05, 3.63) is 35.4 Å². The molecule has 168 valence electrons. The SMILES string of the molecule is CCOC(=O)[C@H](CCSC)NC(=O)[C@H](Cc1ccccc1CN)C(C(C)=O)[SH](=O)=O. The summed E-state index contributed by atoms with van der Waals surface area (Å²) in [5, 5.41) is 1.10. The topological polar surface area (TPSA) is 133 Å². The third kappa shape index (κ3) is 7.73. The predicted octanol–water partition coefficient (Wildman–Crippen LogP) is 0.674. The maximum atomic E-state index is 13.1. The summed E-state index contributed by atoms with van der Waals surface area (Å²) in [7, 11) is -3.21. The van der Waals surface area contributed by atoms with Gasteiger partial charge in [-0.2, -0.15) is 11.8 Å². The fraction of sp³-hybridized carbons (Fsp3) is 0.550. The number of Topliss-reactive ketones (excluding diaryl/α,β-unsaturated/α-hetero) is 1. The molecule has 1 aromatic rings. The Kier molecular flexibility index (Phi) is 11.7. The molecule has 0 heterocycles. The van der Waals surface area contributed by atoms with Crippen molar-refractivity contribution >= 4 is 40.1 Å². The molecule has 0 aromatic heterocycles. The summed E-state index contributed by atoms with van der Waals surface area (Å²) < 4.78 is 28.7. The van der Waals surface area contributed by atoms with Crippen LogP contribution in [0.2, 0.25) is 0 Å². The lowest BCUT2D eigenvalue weighted by molar-refractivity contribution is -0.148. The van der Waals surface area contributed by atoms with Crippen LogP contribution in [0.5, 0.6) is 0 Å². The van der Waals surface area contributed by atoms with Crippen molar-refractivity contribution in [2.45, 2.75) is 44.5 Å². The van der Waals surface area contributed by atoms with Crippen LogP contribution in [0.15, 0.2) is 24.3 Å². The van der Waals surface area contributed by atoms with Gasteiger partial charge in [-0.15, -0.1) is 0 Å². The van der Waals surface area contributed by atoms with Gasteiger partial charge in [0, 0.05) is 6.54 Å². The van der Waals surface area contributed by atoms with E-state index in [9.17, 15) is 22.8 Å². The molecule has 0 fully saturated rings. The zero-order valence-corrected chi connectivity index (χ0v) is 19.2. The average Bonchev–Trinajstić information content (AvgIpc) is 2.70. The van der Waals surface area contributed by atoms with Crippen LogP contribution in [0.1, 0.15) is 31.4 Å². The molecule has 10 heteroatoms. The van der Waals surface area contributed by atoms with Gasteiger partial charge in [-0.05, 0) is 49.8 Å². The highest BCUT2D eigenvalue weighted by Crippen LogP contribution is 2.20. The third-order valence-electron chi connectivity index (χ3n) is 4.64. The van der Waals surface area contributed by atoms with Crippen LogP contribution < -0.4 is 11.1 Å². The number of nitrogens with one attached hydrogen (secondary N) is 1. The lowest BCUT2D eigenvalue weighted by Gasteiger charge is -2.24. The van der Waals surface area contributed by atoms with E-state index in [-0.39, 0.29) is 19.6 Å². The van der Waals surface area contributed by atoms with Crippen LogP contribution >= 0.6 is 11.8 Å². The van der Waals surface area contributed by atoms with Crippen molar-refractivity contribution in [1.82, 2.24) is 5.32 Å². The molecule has 1 aromatic carbocycles. The molecule has 1 amide bonds. The van der Waals surface area contributed by atoms with Gasteiger partial charge >= 0.3 is 5.97 Å². The fourth-order valence-corrected chi connectivity index (χ4v) is 4.43. The van der Waals surface area contributed by atoms with E-state index in [4.69, 9.17) is 10.5 Å². The normalized spacial score (nSPS) is 14.0. The number of esters is 1. The van der Waals surface area contributed by atoms with Crippen molar-refractivity contribution < 1.29 is 27.5 Å². The highest BCUT2D eigenvalue weighted by molar-refractivity contribution is 7.98. The van der Waals surface area contributed by atoms with Crippen molar-refractivity contribution in [1.29, 1.82) is 0 Å². The van der Waals surface area contributed by atoms with E-state index >= 15 is 0 Å². The van der Waals surface area contributed by atoms with Gasteiger partial charge in [-0.1, -0.05) is 24.3 Å². The Morgan fingerprint density at radius 2 is 1.83 bits per heavy atom. The van der Waals surface area contributed by atoms with Crippen LogP contribution in [-0.4, -0.2) is 56.0 Å². The van der Waals surface area contributed by atoms with Gasteiger partial charge in [0.15, 0.2) is 10.7 Å². The minimum atomic E-state index is -3.21. The Balaban J connectivity index is 3.25. The van der Waals surface area contributed by atoms with Crippen LogP contribution in [-0.2, 0) is 42.8 Å². The summed E-state index contributed by atoms with van der Waals surface area (Å²) in [5.41, 5.74) is 7.19. The summed E-state index contributed by atoms with van der Waals surface area (Å²) in [6.07, 6.45) is 2.20. The van der Waals surface area contributed by atoms with Crippen LogP contribution in [0, 0.1) is 5.92 Å². The number of thioether (sulfide) groups is 1. The molecule has 0 bridgehead atoms. The molecule has 30 heavy (non-hydrogen) atoms. The van der Waals surface area contributed by atoms with Crippen molar-refractivity contribution in [3.8, 4) is 0 Å². The standard InChI is InChI=1S/C20H30N2O6S2/c1-4-28-20(25)17(9-10-29-3)22-19(24)16(18(13(2)23)30(26)27)11-14-7-5-6-8-15(14)12-21/h5-8,16-18,30H,4,9-12,21H2,1-3H3,(H,22,24)/t16-,17+,18?/m1/s1. The van der Waals surface area contributed by atoms with E-state index in [1.807, 2.05) is 6.26 Å². The molecule has 1 rings (SSSR count). The molecule has 0 aliphatic rings. The number of rotatable bonds is 13. The average molecular weight is 459 g/mol. The monoisotopic (exact) mass is 458 g/mol. The maximum Gasteiger partial charge on any atom is 0.328 e. The van der Waals surface area contributed by atoms with Crippen molar-refractivity contribution in [3.63, 3.8) is 0 Å². The summed E-state index contributed by atoms with van der Waals surface area (Å²) in [4.78, 5) is 37.4. The molecule has 0 saturated carbocycles. The summed E-state index contributed by atoms with van der Waals surface area (Å²) in [6.45, 7) is 3.16. The Morgan fingerprint density at radius 3 is 2.33 bits per heavy atom. The zero-order chi connectivity index (χ0) is 22.7. The molecule has 3 N–H and O–H groups in total. The Morgan fingerprint density at radius 1 is 1.20 bits per heavy atom. The largest absolute Gasteiger partial charge is 0.464 e. The van der Waals surface area contributed by atoms with E-state index < -0.39 is 45.6 Å². The number of thiol groups is 1. The number of ether oxygens (including phenoxy) is 1. The summed E-state index contributed by atoms with van der Waals surface area (Å²) in [6, 6.07) is 6.15. The van der Waals surface area contributed by atoms with Crippen LogP contribution in [0.3, 0.4) is 0 Å². The number of hydrogen-bond acceptors (Lipinski definition) is 8. The smallest absolute Gasteiger partial charge is 0.328 e. The second-order valence-corrected chi connectivity index (χ2v) is 8.83. The Bertz CT molecular complexity index is 804. The molecule has 0 radical (unpaired) electrons. The number of benzene rings is 1. The number of ketones is 1. The lowest BCUT2D eigenvalue weighted by atomic mass is 9.90. The molecule has 1 unspecified atom stereocenters. The van der Waals surface area contributed by atoms with Crippen molar-refractivity contribution in [2.75, 3.05) is 18.6 Å². The van der Waals surface area contributed by atoms with Gasteiger partial charge in [0.1, 0.15) is 17.1 Å². The number of nitrogens with two attached hydrogens (primary N) is 1. The molecule has 3 atom stereocenters. The maximum absolute atomic E-state index is 13.1. The van der Waals surface area contributed by atoms with Crippen molar-refractivity contribution in [2.24, 2.45) is 11.7 Å². The molecule has 8 nitrogen and oxygen atoms in total.